The molecule has 0 radical (unpaired) electrons. The first-order chi connectivity index (χ1) is 12.6. The molecule has 0 unspecified atom stereocenters. The molecule has 0 aliphatic carbocycles. The monoisotopic (exact) mass is 348 g/mol. The predicted molar refractivity (Wildman–Crippen MR) is 93.9 cm³/mol. The fourth-order valence-electron chi connectivity index (χ4n) is 3.39. The van der Waals surface area contributed by atoms with E-state index in [1.807, 2.05) is 28.8 Å². The number of nitro groups is 1. The first-order valence-corrected chi connectivity index (χ1v) is 8.07. The highest BCUT2D eigenvalue weighted by Crippen LogP contribution is 2.32. The van der Waals surface area contributed by atoms with Gasteiger partial charge in [0, 0.05) is 35.6 Å². The van der Waals surface area contributed by atoms with Gasteiger partial charge in [-0.05, 0) is 24.3 Å². The van der Waals surface area contributed by atoms with E-state index in [-0.39, 0.29) is 17.1 Å². The first kappa shape index (κ1) is 14.6. The van der Waals surface area contributed by atoms with E-state index in [1.165, 1.54) is 6.07 Å². The first-order valence-electron chi connectivity index (χ1n) is 8.07. The molecule has 1 amide bonds. The van der Waals surface area contributed by atoms with E-state index in [0.29, 0.717) is 35.8 Å². The summed E-state index contributed by atoms with van der Waals surface area (Å²) in [6.45, 7) is 1.27. The smallest absolute Gasteiger partial charge is 0.298 e. The maximum Gasteiger partial charge on any atom is 0.298 e. The summed E-state index contributed by atoms with van der Waals surface area (Å²) in [6, 6.07) is 12.1. The molecule has 26 heavy (non-hydrogen) atoms. The number of rotatable bonds is 2. The highest BCUT2D eigenvalue weighted by atomic mass is 16.6. The van der Waals surface area contributed by atoms with Gasteiger partial charge in [-0.3, -0.25) is 14.9 Å². The van der Waals surface area contributed by atoms with Gasteiger partial charge in [0.15, 0.2) is 11.1 Å². The van der Waals surface area contributed by atoms with E-state index in [2.05, 4.69) is 10.3 Å². The van der Waals surface area contributed by atoms with Crippen LogP contribution < -0.4 is 5.32 Å². The van der Waals surface area contributed by atoms with Crippen molar-refractivity contribution in [2.45, 2.75) is 6.54 Å². The Labute approximate surface area is 146 Å². The minimum absolute atomic E-state index is 0.0877. The molecular formula is C18H12N4O4. The van der Waals surface area contributed by atoms with Gasteiger partial charge in [0.1, 0.15) is 5.69 Å². The number of amides is 1. The van der Waals surface area contributed by atoms with E-state index < -0.39 is 4.92 Å². The molecule has 0 bridgehead atoms. The van der Waals surface area contributed by atoms with Crippen molar-refractivity contribution in [1.29, 1.82) is 0 Å². The topological polar surface area (TPSA) is 103 Å². The van der Waals surface area contributed by atoms with E-state index in [0.717, 1.165) is 10.9 Å². The molecule has 3 heterocycles. The minimum atomic E-state index is -0.472. The molecule has 1 aliphatic rings. The number of para-hydroxylation sites is 1. The van der Waals surface area contributed by atoms with Crippen LogP contribution in [-0.2, 0) is 6.54 Å². The van der Waals surface area contributed by atoms with E-state index in [9.17, 15) is 14.9 Å². The third-order valence-corrected chi connectivity index (χ3v) is 4.60. The fourth-order valence-corrected chi connectivity index (χ4v) is 3.39. The summed E-state index contributed by atoms with van der Waals surface area (Å²) in [5, 5.41) is 14.9. The maximum absolute atomic E-state index is 12.0. The highest BCUT2D eigenvalue weighted by Gasteiger charge is 2.21. The molecule has 0 saturated heterocycles. The van der Waals surface area contributed by atoms with E-state index in [4.69, 9.17) is 4.42 Å². The number of non-ortho nitro benzene ring substituents is 1. The number of nitro benzene ring substituents is 1. The number of nitrogens with one attached hydrogen (secondary N) is 1. The van der Waals surface area contributed by atoms with Crippen LogP contribution in [0.5, 0.6) is 0 Å². The number of oxazole rings is 1. The lowest BCUT2D eigenvalue weighted by Crippen LogP contribution is -2.34. The Bertz CT molecular complexity index is 1220. The van der Waals surface area contributed by atoms with Crippen LogP contribution in [-0.4, -0.2) is 26.9 Å². The standard InChI is InChI=1S/C18H12N4O4/c23-17-14-8-10-4-5-11(9-13(10)21(14)7-6-19-17)18-20-16-12(22(24)25)2-1-3-15(16)26-18/h1-5,8-9H,6-7H2,(H,19,23). The lowest BCUT2D eigenvalue weighted by molar-refractivity contribution is -0.383. The van der Waals surface area contributed by atoms with Gasteiger partial charge in [-0.15, -0.1) is 0 Å². The Morgan fingerprint density at radius 2 is 2.12 bits per heavy atom. The molecule has 4 aromatic rings. The zero-order valence-electron chi connectivity index (χ0n) is 13.4. The zero-order valence-corrected chi connectivity index (χ0v) is 13.4. The third kappa shape index (κ3) is 2.02. The van der Waals surface area contributed by atoms with Gasteiger partial charge in [0.2, 0.25) is 5.89 Å². The zero-order chi connectivity index (χ0) is 17.8. The fraction of sp³-hybridized carbons (Fsp3) is 0.111. The van der Waals surface area contributed by atoms with Crippen molar-refractivity contribution >= 4 is 33.6 Å². The molecule has 0 spiro atoms. The SMILES string of the molecule is O=C1NCCn2c1cc1ccc(-c3nc4c([N+](=O)[O-])cccc4o3)cc12. The van der Waals surface area contributed by atoms with Gasteiger partial charge >= 0.3 is 0 Å². The summed E-state index contributed by atoms with van der Waals surface area (Å²) in [6.07, 6.45) is 0. The van der Waals surface area contributed by atoms with Crippen LogP contribution in [0.15, 0.2) is 46.9 Å². The van der Waals surface area contributed by atoms with Crippen LogP contribution in [0.2, 0.25) is 0 Å². The number of benzene rings is 2. The lowest BCUT2D eigenvalue weighted by atomic mass is 10.1. The Hall–Kier alpha value is -3.68. The molecule has 2 aromatic carbocycles. The van der Waals surface area contributed by atoms with Crippen molar-refractivity contribution in [2.75, 3.05) is 6.54 Å². The maximum atomic E-state index is 12.0. The largest absolute Gasteiger partial charge is 0.436 e. The van der Waals surface area contributed by atoms with Gasteiger partial charge in [-0.25, -0.2) is 4.98 Å². The highest BCUT2D eigenvalue weighted by molar-refractivity contribution is 6.00. The van der Waals surface area contributed by atoms with Gasteiger partial charge in [-0.2, -0.15) is 0 Å². The minimum Gasteiger partial charge on any atom is -0.436 e. The average Bonchev–Trinajstić information content (AvgIpc) is 3.23. The number of hydrogen-bond acceptors (Lipinski definition) is 5. The lowest BCUT2D eigenvalue weighted by Gasteiger charge is -2.16. The Morgan fingerprint density at radius 1 is 1.23 bits per heavy atom. The molecule has 1 aliphatic heterocycles. The summed E-state index contributed by atoms with van der Waals surface area (Å²) in [5.41, 5.74) is 2.74. The summed E-state index contributed by atoms with van der Waals surface area (Å²) >= 11 is 0. The second-order valence-corrected chi connectivity index (χ2v) is 6.11. The summed E-state index contributed by atoms with van der Waals surface area (Å²) in [7, 11) is 0. The Balaban J connectivity index is 1.70. The van der Waals surface area contributed by atoms with Crippen LogP contribution in [0.3, 0.4) is 0 Å². The molecule has 1 N–H and O–H groups in total. The molecule has 8 heteroatoms. The summed E-state index contributed by atoms with van der Waals surface area (Å²) in [5.74, 6) is 0.221. The Kier molecular flexibility index (Phi) is 2.90. The Morgan fingerprint density at radius 3 is 2.96 bits per heavy atom. The molecule has 2 aromatic heterocycles. The molecule has 0 saturated carbocycles. The van der Waals surface area contributed by atoms with Crippen molar-refractivity contribution < 1.29 is 14.1 Å². The van der Waals surface area contributed by atoms with Crippen molar-refractivity contribution in [3.8, 4) is 11.5 Å². The number of aromatic nitrogens is 2. The third-order valence-electron chi connectivity index (χ3n) is 4.60. The van der Waals surface area contributed by atoms with Gasteiger partial charge < -0.3 is 14.3 Å². The second-order valence-electron chi connectivity index (χ2n) is 6.11. The van der Waals surface area contributed by atoms with Crippen molar-refractivity contribution in [1.82, 2.24) is 14.9 Å². The van der Waals surface area contributed by atoms with Crippen LogP contribution in [0.25, 0.3) is 33.5 Å². The van der Waals surface area contributed by atoms with Gasteiger partial charge in [0.25, 0.3) is 11.6 Å². The molecule has 128 valence electrons. The van der Waals surface area contributed by atoms with E-state index >= 15 is 0 Å². The van der Waals surface area contributed by atoms with Crippen molar-refractivity contribution in [3.05, 3.63) is 58.3 Å². The molecule has 5 rings (SSSR count). The number of carbonyl (C=O) groups is 1. The van der Waals surface area contributed by atoms with Crippen LogP contribution >= 0.6 is 0 Å². The second kappa shape index (κ2) is 5.16. The molecule has 0 fully saturated rings. The van der Waals surface area contributed by atoms with Crippen LogP contribution in [0.1, 0.15) is 10.5 Å². The quantitative estimate of drug-likeness (QED) is 0.443. The molecule has 8 nitrogen and oxygen atoms in total. The van der Waals surface area contributed by atoms with Crippen molar-refractivity contribution in [3.63, 3.8) is 0 Å². The number of carbonyl (C=O) groups excluding carboxylic acids is 1. The number of nitrogens with zero attached hydrogens (tertiary/aromatic N) is 3. The predicted octanol–water partition coefficient (Wildman–Crippen LogP) is 3.10. The molecule has 0 atom stereocenters. The number of hydrogen-bond donors (Lipinski definition) is 1. The van der Waals surface area contributed by atoms with Crippen LogP contribution in [0.4, 0.5) is 5.69 Å². The van der Waals surface area contributed by atoms with Crippen LogP contribution in [0, 0.1) is 10.1 Å². The summed E-state index contributed by atoms with van der Waals surface area (Å²) < 4.78 is 7.69. The van der Waals surface area contributed by atoms with E-state index in [1.54, 1.807) is 12.1 Å². The molecular weight excluding hydrogens is 336 g/mol. The normalized spacial score (nSPS) is 13.8. The number of fused-ring (bicyclic) bond motifs is 4. The van der Waals surface area contributed by atoms with Gasteiger partial charge in [-0.1, -0.05) is 12.1 Å². The van der Waals surface area contributed by atoms with Crippen molar-refractivity contribution in [2.24, 2.45) is 0 Å². The van der Waals surface area contributed by atoms with Gasteiger partial charge in [0.05, 0.1) is 4.92 Å². The average molecular weight is 348 g/mol. The summed E-state index contributed by atoms with van der Waals surface area (Å²) in [4.78, 5) is 27.0.